The van der Waals surface area contributed by atoms with Gasteiger partial charge in [0.25, 0.3) is 0 Å². The van der Waals surface area contributed by atoms with Crippen LogP contribution in [0.1, 0.15) is 12.5 Å². The summed E-state index contributed by atoms with van der Waals surface area (Å²) in [5, 5.41) is 17.3. The maximum atomic E-state index is 8.64. The van der Waals surface area contributed by atoms with Crippen molar-refractivity contribution < 1.29 is 14.8 Å². The molecule has 0 unspecified atom stereocenters. The first-order chi connectivity index (χ1) is 7.08. The normalized spacial score (nSPS) is 12.3. The van der Waals surface area contributed by atoms with E-state index < -0.39 is 7.12 Å². The summed E-state index contributed by atoms with van der Waals surface area (Å²) < 4.78 is 5.15. The molecule has 4 N–H and O–H groups in total. The van der Waals surface area contributed by atoms with Crippen molar-refractivity contribution >= 4 is 7.12 Å². The van der Waals surface area contributed by atoms with Gasteiger partial charge in [-0.15, -0.1) is 0 Å². The topological polar surface area (TPSA) is 75.7 Å². The summed E-state index contributed by atoms with van der Waals surface area (Å²) in [7, 11) is -1.44. The maximum absolute atomic E-state index is 8.64. The van der Waals surface area contributed by atoms with Crippen molar-refractivity contribution in [2.24, 2.45) is 5.73 Å². The van der Waals surface area contributed by atoms with Crippen LogP contribution in [-0.4, -0.2) is 29.7 Å². The number of ether oxygens (including phenoxy) is 1. The Balaban J connectivity index is 2.57. The average molecular weight is 209 g/mol. The molecule has 1 atom stereocenters. The fourth-order valence-electron chi connectivity index (χ4n) is 1.30. The summed E-state index contributed by atoms with van der Waals surface area (Å²) in [5.74, 6) is 0.626. The summed E-state index contributed by atoms with van der Waals surface area (Å²) in [4.78, 5) is 0. The van der Waals surface area contributed by atoms with Crippen LogP contribution in [0.3, 0.4) is 0 Å². The van der Waals surface area contributed by atoms with Gasteiger partial charge in [-0.2, -0.15) is 0 Å². The smallest absolute Gasteiger partial charge is 0.491 e. The number of benzene rings is 1. The third-order valence-corrected chi connectivity index (χ3v) is 1.86. The molecule has 0 aromatic heterocycles. The molecule has 0 radical (unpaired) electrons. The van der Waals surface area contributed by atoms with Gasteiger partial charge in [-0.05, 0) is 31.0 Å². The molecule has 4 nitrogen and oxygen atoms in total. The van der Waals surface area contributed by atoms with Crippen LogP contribution < -0.4 is 10.5 Å². The van der Waals surface area contributed by atoms with Crippen molar-refractivity contribution in [1.29, 1.82) is 0 Å². The van der Waals surface area contributed by atoms with Gasteiger partial charge in [0.1, 0.15) is 12.3 Å². The Hall–Kier alpha value is -1.04. The predicted octanol–water partition coefficient (Wildman–Crippen LogP) is -0.0329. The van der Waals surface area contributed by atoms with E-state index in [-0.39, 0.29) is 12.5 Å². The number of hydrogen-bond acceptors (Lipinski definition) is 4. The average Bonchev–Trinajstić information content (AvgIpc) is 2.14. The van der Waals surface area contributed by atoms with Gasteiger partial charge in [0.05, 0.1) is 0 Å². The molecule has 0 saturated carbocycles. The van der Waals surface area contributed by atoms with E-state index in [1.807, 2.05) is 25.1 Å². The highest BCUT2D eigenvalue weighted by Gasteiger charge is 2.07. The fourth-order valence-corrected chi connectivity index (χ4v) is 1.30. The van der Waals surface area contributed by atoms with Crippen molar-refractivity contribution in [3.8, 4) is 5.75 Å². The van der Waals surface area contributed by atoms with Gasteiger partial charge in [-0.3, -0.25) is 0 Å². The molecule has 0 fully saturated rings. The van der Waals surface area contributed by atoms with E-state index in [4.69, 9.17) is 20.5 Å². The maximum Gasteiger partial charge on any atom is 0.491 e. The summed E-state index contributed by atoms with van der Waals surface area (Å²) in [5.41, 5.74) is 6.75. The van der Waals surface area contributed by atoms with E-state index in [1.54, 1.807) is 6.07 Å². The lowest BCUT2D eigenvalue weighted by molar-refractivity contribution is 0.306. The monoisotopic (exact) mass is 209 g/mol. The zero-order chi connectivity index (χ0) is 11.3. The van der Waals surface area contributed by atoms with Crippen molar-refractivity contribution in [1.82, 2.24) is 0 Å². The van der Waals surface area contributed by atoms with Crippen LogP contribution in [0.25, 0.3) is 0 Å². The third-order valence-electron chi connectivity index (χ3n) is 1.86. The number of hydrogen-bond donors (Lipinski definition) is 3. The van der Waals surface area contributed by atoms with E-state index >= 15 is 0 Å². The highest BCUT2D eigenvalue weighted by molar-refractivity contribution is 6.40. The van der Waals surface area contributed by atoms with Crippen LogP contribution in [0.4, 0.5) is 0 Å². The molecule has 0 aliphatic carbocycles. The van der Waals surface area contributed by atoms with Gasteiger partial charge in [0.2, 0.25) is 0 Å². The Morgan fingerprint density at radius 1 is 1.47 bits per heavy atom. The van der Waals surface area contributed by atoms with Crippen molar-refractivity contribution in [3.05, 3.63) is 29.8 Å². The molecular weight excluding hydrogens is 193 g/mol. The van der Waals surface area contributed by atoms with Gasteiger partial charge in [0.15, 0.2) is 0 Å². The highest BCUT2D eigenvalue weighted by Crippen LogP contribution is 2.14. The first-order valence-corrected chi connectivity index (χ1v) is 4.91. The van der Waals surface area contributed by atoms with Crippen LogP contribution in [0.2, 0.25) is 0 Å². The molecule has 0 spiro atoms. The van der Waals surface area contributed by atoms with Gasteiger partial charge in [-0.1, -0.05) is 12.1 Å². The Labute approximate surface area is 89.8 Å². The summed E-state index contributed by atoms with van der Waals surface area (Å²) in [6, 6.07) is 7.55. The lowest BCUT2D eigenvalue weighted by Gasteiger charge is -2.08. The quantitative estimate of drug-likeness (QED) is 0.595. The van der Waals surface area contributed by atoms with Crippen molar-refractivity contribution in [2.45, 2.75) is 19.4 Å². The minimum Gasteiger partial charge on any atom is -0.496 e. The predicted molar refractivity (Wildman–Crippen MR) is 59.5 cm³/mol. The number of nitrogens with two attached hydrogens (primary N) is 1. The summed E-state index contributed by atoms with van der Waals surface area (Å²) in [6.07, 6.45) is 0.777. The van der Waals surface area contributed by atoms with Crippen LogP contribution in [0, 0.1) is 0 Å². The first-order valence-electron chi connectivity index (χ1n) is 4.91. The molecule has 0 bridgehead atoms. The second-order valence-electron chi connectivity index (χ2n) is 3.62. The molecule has 0 amide bonds. The Bertz CT molecular complexity index is 304. The largest absolute Gasteiger partial charge is 0.496 e. The van der Waals surface area contributed by atoms with Crippen LogP contribution in [-0.2, 0) is 6.42 Å². The summed E-state index contributed by atoms with van der Waals surface area (Å²) in [6.45, 7) is 1.81. The second kappa shape index (κ2) is 5.75. The van der Waals surface area contributed by atoms with E-state index in [2.05, 4.69) is 0 Å². The molecule has 1 aromatic carbocycles. The molecule has 1 aromatic rings. The standard InChI is InChI=1S/C10H16BNO3/c1-8(12)5-9-3-2-4-10(6-9)15-7-11(13)14/h2-4,6,8,13-14H,5,7,12H2,1H3/t8-/m1/s1. The zero-order valence-corrected chi connectivity index (χ0v) is 8.76. The summed E-state index contributed by atoms with van der Waals surface area (Å²) >= 11 is 0. The first kappa shape index (κ1) is 12.0. The van der Waals surface area contributed by atoms with Gasteiger partial charge in [0, 0.05) is 6.04 Å². The molecule has 0 saturated heterocycles. The van der Waals surface area contributed by atoms with E-state index in [0.717, 1.165) is 12.0 Å². The lowest BCUT2D eigenvalue weighted by Crippen LogP contribution is -2.22. The van der Waals surface area contributed by atoms with E-state index in [1.165, 1.54) is 0 Å². The van der Waals surface area contributed by atoms with Crippen LogP contribution in [0.5, 0.6) is 5.75 Å². The van der Waals surface area contributed by atoms with Crippen LogP contribution >= 0.6 is 0 Å². The minimum absolute atomic E-state index is 0.101. The van der Waals surface area contributed by atoms with Crippen molar-refractivity contribution in [2.75, 3.05) is 6.51 Å². The number of rotatable bonds is 5. The second-order valence-corrected chi connectivity index (χ2v) is 3.62. The highest BCUT2D eigenvalue weighted by atomic mass is 16.5. The Morgan fingerprint density at radius 2 is 2.20 bits per heavy atom. The van der Waals surface area contributed by atoms with Gasteiger partial charge in [-0.25, -0.2) is 0 Å². The third kappa shape index (κ3) is 4.83. The molecule has 0 aliphatic rings. The fraction of sp³-hybridized carbons (Fsp3) is 0.400. The minimum atomic E-state index is -1.44. The SMILES string of the molecule is C[C@@H](N)Cc1cccc(OCB(O)O)c1. The van der Waals surface area contributed by atoms with Crippen molar-refractivity contribution in [3.63, 3.8) is 0 Å². The molecule has 15 heavy (non-hydrogen) atoms. The van der Waals surface area contributed by atoms with E-state index in [9.17, 15) is 0 Å². The molecule has 0 heterocycles. The molecule has 5 heteroatoms. The zero-order valence-electron chi connectivity index (χ0n) is 8.76. The van der Waals surface area contributed by atoms with E-state index in [0.29, 0.717) is 5.75 Å². The molecule has 0 aliphatic heterocycles. The molecular formula is C10H16BNO3. The molecule has 1 rings (SSSR count). The molecule has 82 valence electrons. The van der Waals surface area contributed by atoms with Crippen LogP contribution in [0.15, 0.2) is 24.3 Å². The lowest BCUT2D eigenvalue weighted by atomic mass is 9.95. The Morgan fingerprint density at radius 3 is 2.80 bits per heavy atom. The van der Waals surface area contributed by atoms with Gasteiger partial charge < -0.3 is 20.5 Å². The Kier molecular flexibility index (Phi) is 4.61. The van der Waals surface area contributed by atoms with Gasteiger partial charge >= 0.3 is 7.12 Å².